The molecule has 0 atom stereocenters. The Labute approximate surface area is 167 Å². The summed E-state index contributed by atoms with van der Waals surface area (Å²) in [4.78, 5) is 21.0. The van der Waals surface area contributed by atoms with Gasteiger partial charge in [-0.3, -0.25) is 4.79 Å². The standard InChI is InChI=1S/C17H14FN7OS2/c1-9-7-10(2)25-16(19-9)21-17(24-25)27-8-13-22-23-15(28-13)14(26)20-12-5-3-11(18)4-6-12/h3-7H,8H2,1-2H3,(H,20,26). The maximum absolute atomic E-state index is 12.9. The Balaban J connectivity index is 1.41. The number of fused-ring (bicyclic) bond motifs is 1. The Morgan fingerprint density at radius 3 is 2.79 bits per heavy atom. The van der Waals surface area contributed by atoms with E-state index in [1.807, 2.05) is 19.9 Å². The molecule has 0 aliphatic heterocycles. The number of benzene rings is 1. The van der Waals surface area contributed by atoms with Gasteiger partial charge in [0.05, 0.1) is 5.75 Å². The average Bonchev–Trinajstić information content (AvgIpc) is 3.28. The second-order valence-corrected chi connectivity index (χ2v) is 7.90. The predicted octanol–water partition coefficient (Wildman–Crippen LogP) is 3.28. The molecule has 1 N–H and O–H groups in total. The minimum absolute atomic E-state index is 0.232. The lowest BCUT2D eigenvalue weighted by Crippen LogP contribution is -2.11. The van der Waals surface area contributed by atoms with Crippen molar-refractivity contribution in [2.75, 3.05) is 5.32 Å². The van der Waals surface area contributed by atoms with Crippen molar-refractivity contribution in [2.24, 2.45) is 0 Å². The number of anilines is 1. The zero-order valence-electron chi connectivity index (χ0n) is 14.9. The lowest BCUT2D eigenvalue weighted by Gasteiger charge is -2.01. The Morgan fingerprint density at radius 1 is 1.21 bits per heavy atom. The summed E-state index contributed by atoms with van der Waals surface area (Å²) in [5.74, 6) is 0.281. The van der Waals surface area contributed by atoms with Crippen molar-refractivity contribution < 1.29 is 9.18 Å². The summed E-state index contributed by atoms with van der Waals surface area (Å²) in [6.45, 7) is 3.86. The molecule has 4 rings (SSSR count). The lowest BCUT2D eigenvalue weighted by molar-refractivity contribution is 0.102. The fourth-order valence-corrected chi connectivity index (χ4v) is 4.00. The predicted molar refractivity (Wildman–Crippen MR) is 104 cm³/mol. The quantitative estimate of drug-likeness (QED) is 0.500. The molecule has 0 saturated carbocycles. The van der Waals surface area contributed by atoms with Crippen LogP contribution in [0.25, 0.3) is 5.78 Å². The summed E-state index contributed by atoms with van der Waals surface area (Å²) < 4.78 is 14.6. The van der Waals surface area contributed by atoms with E-state index in [4.69, 9.17) is 0 Å². The van der Waals surface area contributed by atoms with Crippen LogP contribution in [0, 0.1) is 19.7 Å². The molecule has 11 heteroatoms. The molecule has 0 aliphatic carbocycles. The van der Waals surface area contributed by atoms with Crippen LogP contribution in [-0.4, -0.2) is 35.7 Å². The molecule has 1 amide bonds. The first kappa shape index (κ1) is 18.4. The van der Waals surface area contributed by atoms with E-state index in [0.717, 1.165) is 11.4 Å². The number of nitrogens with zero attached hydrogens (tertiary/aromatic N) is 6. The van der Waals surface area contributed by atoms with E-state index in [1.54, 1.807) is 4.52 Å². The molecule has 0 aliphatic rings. The summed E-state index contributed by atoms with van der Waals surface area (Å²) in [5.41, 5.74) is 2.33. The number of carbonyl (C=O) groups excluding carboxylic acids is 1. The Bertz CT molecular complexity index is 1160. The smallest absolute Gasteiger partial charge is 0.286 e. The van der Waals surface area contributed by atoms with Crippen LogP contribution in [0.5, 0.6) is 0 Å². The topological polar surface area (TPSA) is 98.0 Å². The van der Waals surface area contributed by atoms with Crippen LogP contribution >= 0.6 is 23.1 Å². The molecule has 0 radical (unpaired) electrons. The first-order chi connectivity index (χ1) is 13.5. The van der Waals surface area contributed by atoms with Crippen LogP contribution in [-0.2, 0) is 5.75 Å². The van der Waals surface area contributed by atoms with Gasteiger partial charge in [0, 0.05) is 17.1 Å². The highest BCUT2D eigenvalue weighted by atomic mass is 32.2. The number of aromatic nitrogens is 6. The minimum atomic E-state index is -0.387. The van der Waals surface area contributed by atoms with Crippen LogP contribution in [0.15, 0.2) is 35.5 Å². The Kier molecular flexibility index (Phi) is 5.01. The number of carbonyl (C=O) groups is 1. The summed E-state index contributed by atoms with van der Waals surface area (Å²) >= 11 is 2.58. The normalized spacial score (nSPS) is 11.1. The van der Waals surface area contributed by atoms with Gasteiger partial charge in [-0.1, -0.05) is 23.1 Å². The van der Waals surface area contributed by atoms with Crippen molar-refractivity contribution in [3.8, 4) is 0 Å². The number of nitrogens with one attached hydrogen (secondary N) is 1. The first-order valence-corrected chi connectivity index (χ1v) is 10.0. The molecule has 0 fully saturated rings. The fraction of sp³-hybridized carbons (Fsp3) is 0.176. The van der Waals surface area contributed by atoms with Crippen molar-refractivity contribution in [1.82, 2.24) is 29.8 Å². The SMILES string of the molecule is Cc1cc(C)n2nc(SCc3nnc(C(=O)Nc4ccc(F)cc4)s3)nc2n1. The molecule has 0 bridgehead atoms. The van der Waals surface area contributed by atoms with E-state index >= 15 is 0 Å². The highest BCUT2D eigenvalue weighted by Crippen LogP contribution is 2.23. The van der Waals surface area contributed by atoms with Gasteiger partial charge in [0.25, 0.3) is 11.7 Å². The van der Waals surface area contributed by atoms with E-state index in [1.165, 1.54) is 47.4 Å². The maximum Gasteiger partial charge on any atom is 0.286 e. The van der Waals surface area contributed by atoms with Gasteiger partial charge in [0.2, 0.25) is 10.2 Å². The number of aryl methyl sites for hydroxylation is 2. The number of thioether (sulfide) groups is 1. The third-order valence-corrected chi connectivity index (χ3v) is 5.64. The van der Waals surface area contributed by atoms with Crippen LogP contribution < -0.4 is 5.32 Å². The summed E-state index contributed by atoms with van der Waals surface area (Å²) in [5, 5.41) is 16.5. The van der Waals surface area contributed by atoms with Crippen LogP contribution in [0.4, 0.5) is 10.1 Å². The zero-order chi connectivity index (χ0) is 19.7. The third-order valence-electron chi connectivity index (χ3n) is 3.69. The van der Waals surface area contributed by atoms with Crippen molar-refractivity contribution in [1.29, 1.82) is 0 Å². The molecule has 142 valence electrons. The van der Waals surface area contributed by atoms with Crippen molar-refractivity contribution in [2.45, 2.75) is 24.8 Å². The van der Waals surface area contributed by atoms with Gasteiger partial charge in [0.15, 0.2) is 0 Å². The van der Waals surface area contributed by atoms with Gasteiger partial charge in [-0.15, -0.1) is 15.3 Å². The van der Waals surface area contributed by atoms with Gasteiger partial charge >= 0.3 is 0 Å². The molecule has 4 aromatic rings. The lowest BCUT2D eigenvalue weighted by atomic mass is 10.3. The molecule has 28 heavy (non-hydrogen) atoms. The molecular formula is C17H14FN7OS2. The molecular weight excluding hydrogens is 401 g/mol. The van der Waals surface area contributed by atoms with Crippen LogP contribution in [0.2, 0.25) is 0 Å². The van der Waals surface area contributed by atoms with Gasteiger partial charge < -0.3 is 5.32 Å². The number of hydrogen-bond acceptors (Lipinski definition) is 8. The fourth-order valence-electron chi connectivity index (χ4n) is 2.46. The van der Waals surface area contributed by atoms with Crippen molar-refractivity contribution in [3.05, 3.63) is 57.6 Å². The van der Waals surface area contributed by atoms with E-state index in [2.05, 4.69) is 30.6 Å². The molecule has 8 nitrogen and oxygen atoms in total. The maximum atomic E-state index is 12.9. The highest BCUT2D eigenvalue weighted by Gasteiger charge is 2.15. The van der Waals surface area contributed by atoms with Crippen molar-refractivity contribution >= 4 is 40.5 Å². The second kappa shape index (κ2) is 7.60. The second-order valence-electron chi connectivity index (χ2n) is 5.90. The molecule has 0 spiro atoms. The van der Waals surface area contributed by atoms with E-state index < -0.39 is 0 Å². The molecule has 0 unspecified atom stereocenters. The molecule has 0 saturated heterocycles. The number of halogens is 1. The highest BCUT2D eigenvalue weighted by molar-refractivity contribution is 7.98. The minimum Gasteiger partial charge on any atom is -0.320 e. The van der Waals surface area contributed by atoms with E-state index in [-0.39, 0.29) is 16.7 Å². The Morgan fingerprint density at radius 2 is 2.00 bits per heavy atom. The number of rotatable bonds is 5. The van der Waals surface area contributed by atoms with Gasteiger partial charge in [-0.25, -0.2) is 13.9 Å². The molecule has 3 heterocycles. The largest absolute Gasteiger partial charge is 0.320 e. The van der Waals surface area contributed by atoms with Gasteiger partial charge in [-0.2, -0.15) is 4.98 Å². The monoisotopic (exact) mass is 415 g/mol. The Hall–Kier alpha value is -2.92. The summed E-state index contributed by atoms with van der Waals surface area (Å²) in [6, 6.07) is 7.46. The number of hydrogen-bond donors (Lipinski definition) is 1. The summed E-state index contributed by atoms with van der Waals surface area (Å²) in [6.07, 6.45) is 0. The zero-order valence-corrected chi connectivity index (χ0v) is 16.5. The summed E-state index contributed by atoms with van der Waals surface area (Å²) in [7, 11) is 0. The van der Waals surface area contributed by atoms with Crippen LogP contribution in [0.1, 0.15) is 26.2 Å². The van der Waals surface area contributed by atoms with Gasteiger partial charge in [-0.05, 0) is 44.2 Å². The first-order valence-electron chi connectivity index (χ1n) is 8.21. The van der Waals surface area contributed by atoms with E-state index in [0.29, 0.717) is 27.4 Å². The molecule has 1 aromatic carbocycles. The van der Waals surface area contributed by atoms with Gasteiger partial charge in [0.1, 0.15) is 10.8 Å². The average molecular weight is 415 g/mol. The molecule has 3 aromatic heterocycles. The van der Waals surface area contributed by atoms with E-state index in [9.17, 15) is 9.18 Å². The number of amides is 1. The third kappa shape index (κ3) is 3.99. The van der Waals surface area contributed by atoms with Crippen molar-refractivity contribution in [3.63, 3.8) is 0 Å². The van der Waals surface area contributed by atoms with Crippen LogP contribution in [0.3, 0.4) is 0 Å².